The lowest BCUT2D eigenvalue weighted by Crippen LogP contribution is -2.38. The summed E-state index contributed by atoms with van der Waals surface area (Å²) >= 11 is 0. The average molecular weight is 491 g/mol. The Morgan fingerprint density at radius 2 is 1.81 bits per heavy atom. The van der Waals surface area contributed by atoms with E-state index in [2.05, 4.69) is 43.5 Å². The minimum Gasteiger partial charge on any atom is -0.497 e. The lowest BCUT2D eigenvalue weighted by Gasteiger charge is -2.17. The van der Waals surface area contributed by atoms with Gasteiger partial charge in [0, 0.05) is 26.2 Å². The maximum atomic E-state index is 9.19. The Labute approximate surface area is 182 Å². The van der Waals surface area contributed by atoms with Gasteiger partial charge in [-0.25, -0.2) is 0 Å². The van der Waals surface area contributed by atoms with Crippen molar-refractivity contribution in [3.8, 4) is 5.75 Å². The van der Waals surface area contributed by atoms with Crippen molar-refractivity contribution < 1.29 is 9.84 Å². The SMILES string of the molecule is CCCC(CCO)CN=C(NCC)NCCC(C)c1ccc(OC)cc1.I. The van der Waals surface area contributed by atoms with Crippen molar-refractivity contribution >= 4 is 29.9 Å². The summed E-state index contributed by atoms with van der Waals surface area (Å²) in [5, 5.41) is 15.9. The van der Waals surface area contributed by atoms with Crippen molar-refractivity contribution in [1.29, 1.82) is 0 Å². The normalized spacial score (nSPS) is 13.4. The molecule has 0 amide bonds. The molecule has 27 heavy (non-hydrogen) atoms. The maximum Gasteiger partial charge on any atom is 0.191 e. The number of hydrogen-bond acceptors (Lipinski definition) is 3. The summed E-state index contributed by atoms with van der Waals surface area (Å²) in [7, 11) is 1.69. The Morgan fingerprint density at radius 1 is 1.11 bits per heavy atom. The summed E-state index contributed by atoms with van der Waals surface area (Å²) in [5.74, 6) is 2.69. The van der Waals surface area contributed by atoms with Crippen molar-refractivity contribution in [3.63, 3.8) is 0 Å². The standard InChI is InChI=1S/C21H37N3O2.HI/c1-5-7-18(13-15-25)16-24-21(22-6-2)23-14-12-17(3)19-8-10-20(26-4)11-9-19;/h8-11,17-18,25H,5-7,12-16H2,1-4H3,(H2,22,23,24);1H. The summed E-state index contributed by atoms with van der Waals surface area (Å²) < 4.78 is 5.22. The molecular weight excluding hydrogens is 453 g/mol. The summed E-state index contributed by atoms with van der Waals surface area (Å²) in [5.41, 5.74) is 1.32. The van der Waals surface area contributed by atoms with E-state index in [0.717, 1.165) is 57.0 Å². The van der Waals surface area contributed by atoms with Crippen LogP contribution in [0, 0.1) is 5.92 Å². The third kappa shape index (κ3) is 10.8. The van der Waals surface area contributed by atoms with Crippen LogP contribution in [0.25, 0.3) is 0 Å². The van der Waals surface area contributed by atoms with Gasteiger partial charge in [0.05, 0.1) is 7.11 Å². The molecule has 0 spiro atoms. The number of rotatable bonds is 12. The molecule has 5 nitrogen and oxygen atoms in total. The van der Waals surface area contributed by atoms with Gasteiger partial charge in [0.1, 0.15) is 5.75 Å². The van der Waals surface area contributed by atoms with E-state index in [1.165, 1.54) is 5.56 Å². The van der Waals surface area contributed by atoms with Crippen molar-refractivity contribution in [1.82, 2.24) is 10.6 Å². The van der Waals surface area contributed by atoms with Gasteiger partial charge in [-0.15, -0.1) is 24.0 Å². The molecule has 3 N–H and O–H groups in total. The monoisotopic (exact) mass is 491 g/mol. The minimum atomic E-state index is 0. The van der Waals surface area contributed by atoms with E-state index in [0.29, 0.717) is 11.8 Å². The van der Waals surface area contributed by atoms with Crippen LogP contribution < -0.4 is 15.4 Å². The predicted octanol–water partition coefficient (Wildman–Crippen LogP) is 4.16. The Kier molecular flexibility index (Phi) is 15.4. The number of methoxy groups -OCH3 is 1. The molecule has 2 unspecified atom stereocenters. The van der Waals surface area contributed by atoms with E-state index in [4.69, 9.17) is 9.73 Å². The third-order valence-corrected chi connectivity index (χ3v) is 4.64. The molecule has 1 aromatic rings. The van der Waals surface area contributed by atoms with E-state index < -0.39 is 0 Å². The maximum absolute atomic E-state index is 9.19. The van der Waals surface area contributed by atoms with Crippen LogP contribution in [0.2, 0.25) is 0 Å². The molecule has 0 aromatic heterocycles. The Bertz CT molecular complexity index is 503. The number of aliphatic hydroxyl groups excluding tert-OH is 1. The van der Waals surface area contributed by atoms with Gasteiger partial charge in [-0.3, -0.25) is 4.99 Å². The molecule has 1 aromatic carbocycles. The molecule has 6 heteroatoms. The van der Waals surface area contributed by atoms with Gasteiger partial charge in [-0.2, -0.15) is 0 Å². The molecule has 0 heterocycles. The number of hydrogen-bond donors (Lipinski definition) is 3. The number of halogens is 1. The highest BCUT2D eigenvalue weighted by atomic mass is 127. The van der Waals surface area contributed by atoms with Crippen molar-refractivity contribution in [2.75, 3.05) is 33.4 Å². The molecule has 0 bridgehead atoms. The lowest BCUT2D eigenvalue weighted by molar-refractivity contribution is 0.253. The Balaban J connectivity index is 0.00000676. The first kappa shape index (κ1) is 26.0. The molecule has 1 rings (SSSR count). The highest BCUT2D eigenvalue weighted by Crippen LogP contribution is 2.21. The molecular formula is C21H38IN3O2. The van der Waals surface area contributed by atoms with Gasteiger partial charge in [0.2, 0.25) is 0 Å². The minimum absolute atomic E-state index is 0. The van der Waals surface area contributed by atoms with Crippen molar-refractivity contribution in [2.45, 2.75) is 52.4 Å². The van der Waals surface area contributed by atoms with Gasteiger partial charge < -0.3 is 20.5 Å². The van der Waals surface area contributed by atoms with Crippen LogP contribution >= 0.6 is 24.0 Å². The molecule has 0 aliphatic carbocycles. The topological polar surface area (TPSA) is 65.9 Å². The number of guanidine groups is 1. The Morgan fingerprint density at radius 3 is 2.37 bits per heavy atom. The number of nitrogens with one attached hydrogen (secondary N) is 2. The fraction of sp³-hybridized carbons (Fsp3) is 0.667. The molecule has 2 atom stereocenters. The first-order valence-corrected chi connectivity index (χ1v) is 9.91. The predicted molar refractivity (Wildman–Crippen MR) is 126 cm³/mol. The molecule has 0 saturated heterocycles. The van der Waals surface area contributed by atoms with Gasteiger partial charge in [-0.1, -0.05) is 32.4 Å². The van der Waals surface area contributed by atoms with Crippen molar-refractivity contribution in [3.05, 3.63) is 29.8 Å². The summed E-state index contributed by atoms with van der Waals surface area (Å²) in [6.45, 7) is 9.22. The fourth-order valence-electron chi connectivity index (χ4n) is 2.99. The van der Waals surface area contributed by atoms with Crippen LogP contribution in [0.1, 0.15) is 57.9 Å². The second-order valence-electron chi connectivity index (χ2n) is 6.78. The number of aliphatic hydroxyl groups is 1. The van der Waals surface area contributed by atoms with E-state index in [1.807, 2.05) is 12.1 Å². The van der Waals surface area contributed by atoms with E-state index in [-0.39, 0.29) is 30.6 Å². The summed E-state index contributed by atoms with van der Waals surface area (Å²) in [4.78, 5) is 4.71. The largest absolute Gasteiger partial charge is 0.497 e. The molecule has 156 valence electrons. The number of nitrogens with zero attached hydrogens (tertiary/aromatic N) is 1. The van der Waals surface area contributed by atoms with Crippen LogP contribution in [-0.4, -0.2) is 44.4 Å². The van der Waals surface area contributed by atoms with Gasteiger partial charge in [-0.05, 0) is 55.7 Å². The lowest BCUT2D eigenvalue weighted by atomic mass is 9.98. The van der Waals surface area contributed by atoms with Gasteiger partial charge in [0.15, 0.2) is 5.96 Å². The van der Waals surface area contributed by atoms with Crippen LogP contribution in [0.4, 0.5) is 0 Å². The molecule has 0 aliphatic heterocycles. The van der Waals surface area contributed by atoms with Crippen LogP contribution in [0.15, 0.2) is 29.3 Å². The quantitative estimate of drug-likeness (QED) is 0.234. The zero-order chi connectivity index (χ0) is 19.2. The van der Waals surface area contributed by atoms with Gasteiger partial charge in [0.25, 0.3) is 0 Å². The highest BCUT2D eigenvalue weighted by molar-refractivity contribution is 14.0. The smallest absolute Gasteiger partial charge is 0.191 e. The van der Waals surface area contributed by atoms with Crippen LogP contribution in [-0.2, 0) is 0 Å². The summed E-state index contributed by atoms with van der Waals surface area (Å²) in [6.07, 6.45) is 4.10. The number of ether oxygens (including phenoxy) is 1. The van der Waals surface area contributed by atoms with Crippen molar-refractivity contribution in [2.24, 2.45) is 10.9 Å². The van der Waals surface area contributed by atoms with E-state index in [9.17, 15) is 5.11 Å². The second kappa shape index (κ2) is 16.0. The number of aliphatic imine (C=N–C) groups is 1. The zero-order valence-corrected chi connectivity index (χ0v) is 19.7. The highest BCUT2D eigenvalue weighted by Gasteiger charge is 2.09. The molecule has 0 radical (unpaired) electrons. The zero-order valence-electron chi connectivity index (χ0n) is 17.3. The van der Waals surface area contributed by atoms with Crippen LogP contribution in [0.3, 0.4) is 0 Å². The fourth-order valence-corrected chi connectivity index (χ4v) is 2.99. The van der Waals surface area contributed by atoms with E-state index >= 15 is 0 Å². The van der Waals surface area contributed by atoms with Crippen LogP contribution in [0.5, 0.6) is 5.75 Å². The van der Waals surface area contributed by atoms with Gasteiger partial charge >= 0.3 is 0 Å². The molecule has 0 fully saturated rings. The second-order valence-corrected chi connectivity index (χ2v) is 6.78. The Hall–Kier alpha value is -1.02. The first-order valence-electron chi connectivity index (χ1n) is 9.91. The average Bonchev–Trinajstić information content (AvgIpc) is 2.66. The third-order valence-electron chi connectivity index (χ3n) is 4.64. The number of benzene rings is 1. The molecule has 0 aliphatic rings. The first-order chi connectivity index (χ1) is 12.6. The summed E-state index contributed by atoms with van der Waals surface area (Å²) in [6, 6.07) is 8.29. The van der Waals surface area contributed by atoms with E-state index in [1.54, 1.807) is 7.11 Å². The molecule has 0 saturated carbocycles.